The average Bonchev–Trinajstić information content (AvgIpc) is 3.01. The molecule has 0 spiro atoms. The fraction of sp³-hybridized carbons (Fsp3) is 0.130. The molecule has 0 atom stereocenters. The molecule has 0 unspecified atom stereocenters. The van der Waals surface area contributed by atoms with Crippen LogP contribution in [0.2, 0.25) is 0 Å². The summed E-state index contributed by atoms with van der Waals surface area (Å²) in [4.78, 5) is 24.4. The first-order valence-electron chi connectivity index (χ1n) is 8.80. The maximum absolute atomic E-state index is 12.4. The zero-order valence-electron chi connectivity index (χ0n) is 15.7. The lowest BCUT2D eigenvalue weighted by atomic mass is 10.0. The monoisotopic (exact) mass is 374 g/mol. The van der Waals surface area contributed by atoms with Gasteiger partial charge in [0, 0.05) is 17.0 Å². The van der Waals surface area contributed by atoms with Crippen molar-refractivity contribution in [2.75, 3.05) is 7.11 Å². The van der Waals surface area contributed by atoms with E-state index in [0.29, 0.717) is 22.5 Å². The lowest BCUT2D eigenvalue weighted by Gasteiger charge is -2.06. The molecule has 0 amide bonds. The van der Waals surface area contributed by atoms with E-state index in [-0.39, 0.29) is 0 Å². The van der Waals surface area contributed by atoms with Crippen molar-refractivity contribution in [2.24, 2.45) is 0 Å². The predicted octanol–water partition coefficient (Wildman–Crippen LogP) is 4.40. The summed E-state index contributed by atoms with van der Waals surface area (Å²) >= 11 is 0. The minimum absolute atomic E-state index is 0.373. The Kier molecular flexibility index (Phi) is 4.35. The van der Waals surface area contributed by atoms with Crippen molar-refractivity contribution < 1.29 is 18.7 Å². The van der Waals surface area contributed by atoms with Crippen molar-refractivity contribution in [3.63, 3.8) is 0 Å². The highest BCUT2D eigenvalue weighted by Gasteiger charge is 2.22. The van der Waals surface area contributed by atoms with Crippen molar-refractivity contribution in [3.8, 4) is 5.75 Å². The van der Waals surface area contributed by atoms with Gasteiger partial charge in [-0.3, -0.25) is 0 Å². The van der Waals surface area contributed by atoms with Gasteiger partial charge in [0.05, 0.1) is 12.7 Å². The SMILES string of the molecule is COc1ccc(C2=C/C(=C\c3cc(=O)oc4cc(C)cc(C)c34)C(=O)O2)cc1. The predicted molar refractivity (Wildman–Crippen MR) is 107 cm³/mol. The van der Waals surface area contributed by atoms with Crippen LogP contribution in [0.1, 0.15) is 22.3 Å². The molecule has 5 heteroatoms. The third-order valence-electron chi connectivity index (χ3n) is 4.63. The maximum Gasteiger partial charge on any atom is 0.343 e. The molecule has 2 heterocycles. The van der Waals surface area contributed by atoms with Gasteiger partial charge >= 0.3 is 11.6 Å². The quantitative estimate of drug-likeness (QED) is 0.386. The van der Waals surface area contributed by atoms with Gasteiger partial charge in [0.1, 0.15) is 17.1 Å². The Morgan fingerprint density at radius 2 is 1.75 bits per heavy atom. The summed E-state index contributed by atoms with van der Waals surface area (Å²) in [5.74, 6) is 0.716. The van der Waals surface area contributed by atoms with Crippen LogP contribution in [0.3, 0.4) is 0 Å². The largest absolute Gasteiger partial charge is 0.497 e. The minimum atomic E-state index is -0.463. The summed E-state index contributed by atoms with van der Waals surface area (Å²) in [6.45, 7) is 3.89. The molecule has 1 aliphatic heterocycles. The minimum Gasteiger partial charge on any atom is -0.497 e. The van der Waals surface area contributed by atoms with Gasteiger partial charge in [-0.05, 0) is 73.0 Å². The lowest BCUT2D eigenvalue weighted by molar-refractivity contribution is -0.130. The van der Waals surface area contributed by atoms with Crippen LogP contribution in [0.5, 0.6) is 5.75 Å². The van der Waals surface area contributed by atoms with Gasteiger partial charge in [-0.2, -0.15) is 0 Å². The van der Waals surface area contributed by atoms with Gasteiger partial charge in [0.15, 0.2) is 0 Å². The van der Waals surface area contributed by atoms with E-state index in [1.54, 1.807) is 31.4 Å². The van der Waals surface area contributed by atoms with Gasteiger partial charge in [-0.1, -0.05) is 6.07 Å². The molecule has 1 aromatic heterocycles. The Morgan fingerprint density at radius 3 is 2.46 bits per heavy atom. The molecule has 0 radical (unpaired) electrons. The van der Waals surface area contributed by atoms with Crippen molar-refractivity contribution in [3.05, 3.63) is 86.8 Å². The van der Waals surface area contributed by atoms with E-state index in [1.165, 1.54) is 6.07 Å². The van der Waals surface area contributed by atoms with Crippen molar-refractivity contribution in [1.82, 2.24) is 0 Å². The molecule has 0 saturated heterocycles. The van der Waals surface area contributed by atoms with E-state index < -0.39 is 11.6 Å². The van der Waals surface area contributed by atoms with Gasteiger partial charge in [0.2, 0.25) is 0 Å². The molecule has 3 aromatic rings. The molecule has 1 aliphatic rings. The molecular formula is C23H18O5. The summed E-state index contributed by atoms with van der Waals surface area (Å²) < 4.78 is 15.9. The maximum atomic E-state index is 12.4. The van der Waals surface area contributed by atoms with Crippen LogP contribution in [-0.4, -0.2) is 13.1 Å². The Balaban J connectivity index is 1.81. The number of esters is 1. The molecule has 0 bridgehead atoms. The normalized spacial score (nSPS) is 15.0. The smallest absolute Gasteiger partial charge is 0.343 e. The number of benzene rings is 2. The second kappa shape index (κ2) is 6.85. The number of aryl methyl sites for hydroxylation is 2. The number of methoxy groups -OCH3 is 1. The summed E-state index contributed by atoms with van der Waals surface area (Å²) in [5, 5.41) is 0.803. The number of cyclic esters (lactones) is 1. The number of hydrogen-bond donors (Lipinski definition) is 0. The highest BCUT2D eigenvalue weighted by Crippen LogP contribution is 2.30. The van der Waals surface area contributed by atoms with Gasteiger partial charge in [-0.25, -0.2) is 9.59 Å². The molecule has 0 N–H and O–H groups in total. The zero-order valence-corrected chi connectivity index (χ0v) is 15.7. The molecule has 0 saturated carbocycles. The van der Waals surface area contributed by atoms with Crippen LogP contribution >= 0.6 is 0 Å². The van der Waals surface area contributed by atoms with Gasteiger partial charge in [0.25, 0.3) is 0 Å². The zero-order chi connectivity index (χ0) is 19.8. The molecule has 2 aromatic carbocycles. The Hall–Kier alpha value is -3.60. The summed E-state index contributed by atoms with van der Waals surface area (Å²) in [7, 11) is 1.59. The highest BCUT2D eigenvalue weighted by atomic mass is 16.5. The third-order valence-corrected chi connectivity index (χ3v) is 4.63. The molecular weight excluding hydrogens is 356 g/mol. The molecule has 4 rings (SSSR count). The average molecular weight is 374 g/mol. The van der Waals surface area contributed by atoms with Crippen molar-refractivity contribution in [2.45, 2.75) is 13.8 Å². The van der Waals surface area contributed by atoms with Crippen molar-refractivity contribution in [1.29, 1.82) is 0 Å². The van der Waals surface area contributed by atoms with E-state index in [4.69, 9.17) is 13.9 Å². The Labute approximate surface area is 161 Å². The van der Waals surface area contributed by atoms with E-state index in [2.05, 4.69) is 0 Å². The van der Waals surface area contributed by atoms with Gasteiger partial charge < -0.3 is 13.9 Å². The van der Waals surface area contributed by atoms with Crippen LogP contribution in [-0.2, 0) is 9.53 Å². The number of carbonyl (C=O) groups excluding carboxylic acids is 1. The summed E-state index contributed by atoms with van der Waals surface area (Å²) in [5.41, 5.74) is 3.77. The van der Waals surface area contributed by atoms with Crippen molar-refractivity contribution >= 4 is 28.8 Å². The third kappa shape index (κ3) is 3.22. The Bertz CT molecular complexity index is 1210. The fourth-order valence-electron chi connectivity index (χ4n) is 3.38. The standard InChI is InChI=1S/C23H18O5/c1-13-8-14(2)22-16(12-21(24)27-20(22)9-13)10-17-11-19(28-23(17)25)15-4-6-18(26-3)7-5-15/h4-12H,1-3H3/b17-10+. The first-order valence-corrected chi connectivity index (χ1v) is 8.80. The van der Waals surface area contributed by atoms with E-state index in [1.807, 2.05) is 38.1 Å². The number of carbonyl (C=O) groups is 1. The fourth-order valence-corrected chi connectivity index (χ4v) is 3.38. The molecule has 0 aliphatic carbocycles. The Morgan fingerprint density at radius 1 is 1.00 bits per heavy atom. The van der Waals surface area contributed by atoms with Crippen LogP contribution in [0, 0.1) is 13.8 Å². The molecule has 140 valence electrons. The second-order valence-corrected chi connectivity index (χ2v) is 6.70. The van der Waals surface area contributed by atoms with Crippen LogP contribution < -0.4 is 10.4 Å². The number of fused-ring (bicyclic) bond motifs is 1. The second-order valence-electron chi connectivity index (χ2n) is 6.70. The molecule has 28 heavy (non-hydrogen) atoms. The van der Waals surface area contributed by atoms with E-state index in [9.17, 15) is 9.59 Å². The van der Waals surface area contributed by atoms with Crippen LogP contribution in [0.25, 0.3) is 22.8 Å². The first-order chi connectivity index (χ1) is 13.4. The molecule has 0 fully saturated rings. The first kappa shape index (κ1) is 17.8. The number of hydrogen-bond acceptors (Lipinski definition) is 5. The summed E-state index contributed by atoms with van der Waals surface area (Å²) in [6.07, 6.45) is 3.34. The number of rotatable bonds is 3. The highest BCUT2D eigenvalue weighted by molar-refractivity contribution is 6.06. The number of ether oxygens (including phenoxy) is 2. The van der Waals surface area contributed by atoms with Crippen LogP contribution in [0.4, 0.5) is 0 Å². The topological polar surface area (TPSA) is 65.7 Å². The van der Waals surface area contributed by atoms with Crippen LogP contribution in [0.15, 0.2) is 63.3 Å². The summed E-state index contributed by atoms with van der Waals surface area (Å²) in [6, 6.07) is 12.5. The lowest BCUT2D eigenvalue weighted by Crippen LogP contribution is -2.01. The molecule has 5 nitrogen and oxygen atoms in total. The van der Waals surface area contributed by atoms with E-state index in [0.717, 1.165) is 27.8 Å². The van der Waals surface area contributed by atoms with E-state index >= 15 is 0 Å². The van der Waals surface area contributed by atoms with Gasteiger partial charge in [-0.15, -0.1) is 0 Å².